The number of nitrogens with zero attached hydrogens (tertiary/aromatic N) is 5. The average molecular weight is 640 g/mol. The Morgan fingerprint density at radius 1 is 0.380 bits per heavy atom. The summed E-state index contributed by atoms with van der Waals surface area (Å²) in [7, 11) is 0. The van der Waals surface area contributed by atoms with Crippen LogP contribution in [-0.2, 0) is 0 Å². The predicted molar refractivity (Wildman–Crippen MR) is 205 cm³/mol. The SMILES string of the molecule is c1ccc(-c2nc(-c3ccccc3)nc(-c3cccc(-n4c5ccccc5c5c6c(ccc7ccn(-c8ccccc8)c76)ccc54)c3)n2)cc1. The summed E-state index contributed by atoms with van der Waals surface area (Å²) in [6.45, 7) is 0. The predicted octanol–water partition coefficient (Wildman–Crippen LogP) is 11.1. The molecule has 10 aromatic rings. The van der Waals surface area contributed by atoms with Gasteiger partial charge in [0.2, 0.25) is 0 Å². The molecular formula is C45H29N5. The van der Waals surface area contributed by atoms with Crippen molar-refractivity contribution < 1.29 is 0 Å². The fourth-order valence-corrected chi connectivity index (χ4v) is 7.30. The first-order valence-electron chi connectivity index (χ1n) is 16.8. The van der Waals surface area contributed by atoms with Gasteiger partial charge in [-0.25, -0.2) is 15.0 Å². The van der Waals surface area contributed by atoms with Gasteiger partial charge in [0, 0.05) is 55.8 Å². The third-order valence-electron chi connectivity index (χ3n) is 9.56. The Kier molecular flexibility index (Phi) is 6.42. The fraction of sp³-hybridized carbons (Fsp3) is 0. The number of hydrogen-bond donors (Lipinski definition) is 0. The van der Waals surface area contributed by atoms with Crippen molar-refractivity contribution in [3.05, 3.63) is 176 Å². The van der Waals surface area contributed by atoms with Gasteiger partial charge in [-0.15, -0.1) is 0 Å². The third-order valence-corrected chi connectivity index (χ3v) is 9.56. The van der Waals surface area contributed by atoms with Crippen LogP contribution in [-0.4, -0.2) is 24.1 Å². The zero-order valence-electron chi connectivity index (χ0n) is 27.0. The van der Waals surface area contributed by atoms with Crippen LogP contribution in [0.3, 0.4) is 0 Å². The summed E-state index contributed by atoms with van der Waals surface area (Å²) in [6, 6.07) is 59.3. The van der Waals surface area contributed by atoms with Crippen LogP contribution in [0.1, 0.15) is 0 Å². The highest BCUT2D eigenvalue weighted by molar-refractivity contribution is 6.27. The minimum absolute atomic E-state index is 0.633. The molecule has 5 heteroatoms. The van der Waals surface area contributed by atoms with Crippen LogP contribution in [0.25, 0.3) is 89.0 Å². The van der Waals surface area contributed by atoms with E-state index in [1.165, 1.54) is 32.4 Å². The smallest absolute Gasteiger partial charge is 0.164 e. The molecular weight excluding hydrogens is 611 g/mol. The second-order valence-electron chi connectivity index (χ2n) is 12.5. The van der Waals surface area contributed by atoms with Gasteiger partial charge in [0.25, 0.3) is 0 Å². The van der Waals surface area contributed by atoms with E-state index in [0.29, 0.717) is 17.5 Å². The lowest BCUT2D eigenvalue weighted by Gasteiger charge is -2.12. The first-order valence-corrected chi connectivity index (χ1v) is 16.8. The Bertz CT molecular complexity index is 2800. The molecule has 0 aliphatic carbocycles. The summed E-state index contributed by atoms with van der Waals surface area (Å²) in [5, 5.41) is 6.13. The van der Waals surface area contributed by atoms with Crippen LogP contribution in [0, 0.1) is 0 Å². The van der Waals surface area contributed by atoms with E-state index in [0.717, 1.165) is 39.1 Å². The van der Waals surface area contributed by atoms with E-state index >= 15 is 0 Å². The molecule has 0 unspecified atom stereocenters. The Balaban J connectivity index is 1.22. The van der Waals surface area contributed by atoms with Crippen molar-refractivity contribution in [2.45, 2.75) is 0 Å². The zero-order valence-corrected chi connectivity index (χ0v) is 27.0. The third kappa shape index (κ3) is 4.52. The summed E-state index contributed by atoms with van der Waals surface area (Å²) in [5.41, 5.74) is 8.51. The molecule has 234 valence electrons. The minimum Gasteiger partial charge on any atom is -0.316 e. The maximum absolute atomic E-state index is 5.02. The van der Waals surface area contributed by atoms with E-state index in [2.05, 4.69) is 125 Å². The second-order valence-corrected chi connectivity index (χ2v) is 12.5. The normalized spacial score (nSPS) is 11.6. The number of aromatic nitrogens is 5. The lowest BCUT2D eigenvalue weighted by Crippen LogP contribution is -2.01. The van der Waals surface area contributed by atoms with Gasteiger partial charge in [-0.2, -0.15) is 0 Å². The number of fused-ring (bicyclic) bond motifs is 7. The molecule has 50 heavy (non-hydrogen) atoms. The molecule has 0 saturated carbocycles. The van der Waals surface area contributed by atoms with Crippen molar-refractivity contribution >= 4 is 43.5 Å². The molecule has 0 spiro atoms. The number of para-hydroxylation sites is 2. The van der Waals surface area contributed by atoms with Crippen molar-refractivity contribution in [1.29, 1.82) is 0 Å². The minimum atomic E-state index is 0.633. The Hall–Kier alpha value is -6.85. The molecule has 0 saturated heterocycles. The van der Waals surface area contributed by atoms with Crippen LogP contribution in [0.5, 0.6) is 0 Å². The molecule has 0 amide bonds. The van der Waals surface area contributed by atoms with E-state index in [1.54, 1.807) is 0 Å². The lowest BCUT2D eigenvalue weighted by atomic mass is 10.0. The van der Waals surface area contributed by atoms with Gasteiger partial charge in [0.1, 0.15) is 0 Å². The first kappa shape index (κ1) is 28.2. The summed E-state index contributed by atoms with van der Waals surface area (Å²) >= 11 is 0. The van der Waals surface area contributed by atoms with Gasteiger partial charge in [-0.05, 0) is 47.9 Å². The monoisotopic (exact) mass is 639 g/mol. The molecule has 0 N–H and O–H groups in total. The van der Waals surface area contributed by atoms with Crippen LogP contribution < -0.4 is 0 Å². The lowest BCUT2D eigenvalue weighted by molar-refractivity contribution is 1.07. The molecule has 0 radical (unpaired) electrons. The quantitative estimate of drug-likeness (QED) is 0.188. The highest BCUT2D eigenvalue weighted by Gasteiger charge is 2.19. The summed E-state index contributed by atoms with van der Waals surface area (Å²) in [4.78, 5) is 14.9. The molecule has 3 heterocycles. The van der Waals surface area contributed by atoms with Gasteiger partial charge in [-0.3, -0.25) is 0 Å². The van der Waals surface area contributed by atoms with Gasteiger partial charge >= 0.3 is 0 Å². The largest absolute Gasteiger partial charge is 0.316 e. The highest BCUT2D eigenvalue weighted by atomic mass is 15.0. The molecule has 5 nitrogen and oxygen atoms in total. The average Bonchev–Trinajstić information content (AvgIpc) is 3.79. The van der Waals surface area contributed by atoms with E-state index in [-0.39, 0.29) is 0 Å². The highest BCUT2D eigenvalue weighted by Crippen LogP contribution is 2.41. The summed E-state index contributed by atoms with van der Waals surface area (Å²) < 4.78 is 4.69. The molecule has 0 bridgehead atoms. The summed E-state index contributed by atoms with van der Waals surface area (Å²) in [5.74, 6) is 1.93. The fourth-order valence-electron chi connectivity index (χ4n) is 7.30. The molecule has 3 aromatic heterocycles. The first-order chi connectivity index (χ1) is 24.8. The Labute approximate surface area is 288 Å². The Morgan fingerprint density at radius 3 is 1.66 bits per heavy atom. The summed E-state index contributed by atoms with van der Waals surface area (Å²) in [6.07, 6.45) is 2.18. The van der Waals surface area contributed by atoms with Crippen molar-refractivity contribution in [3.63, 3.8) is 0 Å². The van der Waals surface area contributed by atoms with Crippen LogP contribution >= 0.6 is 0 Å². The number of benzene rings is 7. The van der Waals surface area contributed by atoms with E-state index in [1.807, 2.05) is 60.7 Å². The van der Waals surface area contributed by atoms with Gasteiger partial charge in [0.05, 0.1) is 16.6 Å². The molecule has 0 atom stereocenters. The maximum Gasteiger partial charge on any atom is 0.164 e. The zero-order chi connectivity index (χ0) is 33.0. The second kappa shape index (κ2) is 11.4. The van der Waals surface area contributed by atoms with Gasteiger partial charge in [0.15, 0.2) is 17.5 Å². The van der Waals surface area contributed by atoms with Crippen molar-refractivity contribution in [2.24, 2.45) is 0 Å². The van der Waals surface area contributed by atoms with Crippen molar-refractivity contribution in [2.75, 3.05) is 0 Å². The molecule has 0 fully saturated rings. The van der Waals surface area contributed by atoms with E-state index in [4.69, 9.17) is 15.0 Å². The topological polar surface area (TPSA) is 48.5 Å². The van der Waals surface area contributed by atoms with Crippen LogP contribution in [0.2, 0.25) is 0 Å². The number of rotatable bonds is 5. The van der Waals surface area contributed by atoms with Gasteiger partial charge in [-0.1, -0.05) is 127 Å². The van der Waals surface area contributed by atoms with Gasteiger partial charge < -0.3 is 9.13 Å². The van der Waals surface area contributed by atoms with Crippen LogP contribution in [0.4, 0.5) is 0 Å². The Morgan fingerprint density at radius 2 is 0.940 bits per heavy atom. The molecule has 10 rings (SSSR count). The molecule has 7 aromatic carbocycles. The van der Waals surface area contributed by atoms with Crippen molar-refractivity contribution in [3.8, 4) is 45.5 Å². The maximum atomic E-state index is 5.02. The molecule has 0 aliphatic heterocycles. The van der Waals surface area contributed by atoms with E-state index < -0.39 is 0 Å². The number of hydrogen-bond acceptors (Lipinski definition) is 3. The van der Waals surface area contributed by atoms with Crippen LogP contribution in [0.15, 0.2) is 176 Å². The standard InChI is InChI=1S/C45H29N5/c1-4-13-32(14-5-1)43-46-44(33-15-6-2-7-16-33)48-45(47-43)34-17-12-20-36(29-34)50-38-22-11-10-21-37(38)41-39(50)26-25-30-23-24-31-27-28-49(42(31)40(30)41)35-18-8-3-9-19-35/h1-29H. The van der Waals surface area contributed by atoms with E-state index in [9.17, 15) is 0 Å². The van der Waals surface area contributed by atoms with Crippen molar-refractivity contribution in [1.82, 2.24) is 24.1 Å². The molecule has 0 aliphatic rings.